The molecule has 1 N–H and O–H groups in total. The molecule has 1 unspecified atom stereocenters. The molecule has 0 fully saturated rings. The first-order valence-electron chi connectivity index (χ1n) is 5.36. The van der Waals surface area contributed by atoms with E-state index >= 15 is 0 Å². The first kappa shape index (κ1) is 13.9. The average Bonchev–Trinajstić information content (AvgIpc) is 2.25. The number of halogens is 3. The van der Waals surface area contributed by atoms with Crippen LogP contribution >= 0.6 is 27.5 Å². The molecule has 0 radical (unpaired) electrons. The van der Waals surface area contributed by atoms with Gasteiger partial charge in [0.25, 0.3) is 0 Å². The van der Waals surface area contributed by atoms with Gasteiger partial charge in [-0.1, -0.05) is 22.0 Å². The van der Waals surface area contributed by atoms with Crippen LogP contribution in [-0.4, -0.2) is 11.9 Å². The van der Waals surface area contributed by atoms with Crippen LogP contribution in [0.2, 0.25) is 0 Å². The third-order valence-corrected chi connectivity index (χ3v) is 3.19. The molecule has 0 aliphatic rings. The average molecular weight is 309 g/mol. The Balaban J connectivity index is 2.42. The second-order valence-corrected chi connectivity index (χ2v) is 5.14. The van der Waals surface area contributed by atoms with Crippen LogP contribution < -0.4 is 5.32 Å². The number of benzene rings is 1. The fourth-order valence-electron chi connectivity index (χ4n) is 1.43. The zero-order valence-corrected chi connectivity index (χ0v) is 11.6. The van der Waals surface area contributed by atoms with Crippen LogP contribution in [0.15, 0.2) is 22.7 Å². The molecule has 0 saturated heterocycles. The quantitative estimate of drug-likeness (QED) is 0.781. The number of hydrogen-bond acceptors (Lipinski definition) is 1. The molecule has 0 amide bonds. The van der Waals surface area contributed by atoms with E-state index in [1.54, 1.807) is 6.07 Å². The maximum absolute atomic E-state index is 13.5. The molecule has 0 bridgehead atoms. The fourth-order valence-corrected chi connectivity index (χ4v) is 1.92. The van der Waals surface area contributed by atoms with Crippen LogP contribution in [0, 0.1) is 5.82 Å². The van der Waals surface area contributed by atoms with E-state index in [1.807, 2.05) is 6.07 Å². The minimum Gasteiger partial charge on any atom is -0.310 e. The van der Waals surface area contributed by atoms with Crippen molar-refractivity contribution in [1.82, 2.24) is 5.32 Å². The zero-order chi connectivity index (χ0) is 12.0. The summed E-state index contributed by atoms with van der Waals surface area (Å²) in [6.07, 6.45) is 2.00. The van der Waals surface area contributed by atoms with Crippen LogP contribution in [0.1, 0.15) is 25.3 Å². The topological polar surface area (TPSA) is 12.0 Å². The predicted octanol–water partition coefficient (Wildman–Crippen LogP) is 4.09. The van der Waals surface area contributed by atoms with Crippen molar-refractivity contribution >= 4 is 27.5 Å². The first-order chi connectivity index (χ1) is 7.63. The molecule has 1 aromatic carbocycles. The summed E-state index contributed by atoms with van der Waals surface area (Å²) >= 11 is 8.85. The highest BCUT2D eigenvalue weighted by molar-refractivity contribution is 9.10. The maximum Gasteiger partial charge on any atom is 0.128 e. The SMILES string of the molecule is CC(CCCCl)NCc1ccc(Br)cc1F. The van der Waals surface area contributed by atoms with Crippen molar-refractivity contribution in [1.29, 1.82) is 0 Å². The van der Waals surface area contributed by atoms with E-state index in [0.717, 1.165) is 17.3 Å². The van der Waals surface area contributed by atoms with Gasteiger partial charge in [0.2, 0.25) is 0 Å². The highest BCUT2D eigenvalue weighted by Crippen LogP contribution is 2.15. The van der Waals surface area contributed by atoms with Gasteiger partial charge in [0.15, 0.2) is 0 Å². The van der Waals surface area contributed by atoms with Gasteiger partial charge >= 0.3 is 0 Å². The molecule has 1 atom stereocenters. The van der Waals surface area contributed by atoms with Crippen molar-refractivity contribution in [3.05, 3.63) is 34.1 Å². The lowest BCUT2D eigenvalue weighted by Gasteiger charge is -2.13. The Hall–Kier alpha value is -0.120. The molecular weight excluding hydrogens is 292 g/mol. The van der Waals surface area contributed by atoms with Gasteiger partial charge in [-0.3, -0.25) is 0 Å². The molecule has 0 heterocycles. The highest BCUT2D eigenvalue weighted by Gasteiger charge is 2.05. The molecule has 1 rings (SSSR count). The largest absolute Gasteiger partial charge is 0.310 e. The van der Waals surface area contributed by atoms with Gasteiger partial charge in [0.1, 0.15) is 5.82 Å². The Kier molecular flexibility index (Phi) is 6.32. The van der Waals surface area contributed by atoms with E-state index in [-0.39, 0.29) is 5.82 Å². The summed E-state index contributed by atoms with van der Waals surface area (Å²) in [5.74, 6) is 0.505. The van der Waals surface area contributed by atoms with Crippen LogP contribution in [0.3, 0.4) is 0 Å². The van der Waals surface area contributed by atoms with Crippen molar-refractivity contribution < 1.29 is 4.39 Å². The summed E-state index contributed by atoms with van der Waals surface area (Å²) in [6, 6.07) is 5.49. The van der Waals surface area contributed by atoms with E-state index in [2.05, 4.69) is 28.2 Å². The first-order valence-corrected chi connectivity index (χ1v) is 6.69. The van der Waals surface area contributed by atoms with Crippen molar-refractivity contribution in [3.63, 3.8) is 0 Å². The number of nitrogens with one attached hydrogen (secondary N) is 1. The molecular formula is C12H16BrClFN. The molecule has 1 aromatic rings. The second-order valence-electron chi connectivity index (χ2n) is 3.85. The van der Waals surface area contributed by atoms with Crippen molar-refractivity contribution in [2.75, 3.05) is 5.88 Å². The third-order valence-electron chi connectivity index (χ3n) is 2.43. The second kappa shape index (κ2) is 7.25. The molecule has 90 valence electrons. The minimum absolute atomic E-state index is 0.175. The Morgan fingerprint density at radius 3 is 2.88 bits per heavy atom. The predicted molar refractivity (Wildman–Crippen MR) is 70.4 cm³/mol. The van der Waals surface area contributed by atoms with Crippen LogP contribution in [0.4, 0.5) is 4.39 Å². The molecule has 4 heteroatoms. The summed E-state index contributed by atoms with van der Waals surface area (Å²) in [5, 5.41) is 3.28. The lowest BCUT2D eigenvalue weighted by Crippen LogP contribution is -2.25. The summed E-state index contributed by atoms with van der Waals surface area (Å²) in [5.41, 5.74) is 0.695. The van der Waals surface area contributed by atoms with Crippen molar-refractivity contribution in [3.8, 4) is 0 Å². The molecule has 0 aromatic heterocycles. The Labute approximate surface area is 110 Å². The van der Waals surface area contributed by atoms with Gasteiger partial charge < -0.3 is 5.32 Å². The number of rotatable bonds is 6. The van der Waals surface area contributed by atoms with Gasteiger partial charge in [0.05, 0.1) is 0 Å². The molecule has 1 nitrogen and oxygen atoms in total. The Morgan fingerprint density at radius 2 is 2.25 bits per heavy atom. The van der Waals surface area contributed by atoms with E-state index in [1.165, 1.54) is 6.07 Å². The summed E-state index contributed by atoms with van der Waals surface area (Å²) < 4.78 is 14.2. The van der Waals surface area contributed by atoms with Crippen molar-refractivity contribution in [2.24, 2.45) is 0 Å². The lowest BCUT2D eigenvalue weighted by atomic mass is 10.1. The summed E-state index contributed by atoms with van der Waals surface area (Å²) in [6.45, 7) is 2.64. The Bertz CT molecular complexity index is 333. The monoisotopic (exact) mass is 307 g/mol. The van der Waals surface area contributed by atoms with Crippen molar-refractivity contribution in [2.45, 2.75) is 32.4 Å². The standard InChI is InChI=1S/C12H16BrClFN/c1-9(3-2-6-14)16-8-10-4-5-11(13)7-12(10)15/h4-5,7,9,16H,2-3,6,8H2,1H3. The highest BCUT2D eigenvalue weighted by atomic mass is 79.9. The fraction of sp³-hybridized carbons (Fsp3) is 0.500. The third kappa shape index (κ3) is 4.81. The lowest BCUT2D eigenvalue weighted by molar-refractivity contribution is 0.497. The molecule has 0 aliphatic carbocycles. The van der Waals surface area contributed by atoms with Crippen LogP contribution in [0.25, 0.3) is 0 Å². The zero-order valence-electron chi connectivity index (χ0n) is 9.27. The van der Waals surface area contributed by atoms with Gasteiger partial charge in [0, 0.05) is 28.5 Å². The van der Waals surface area contributed by atoms with Crippen LogP contribution in [0.5, 0.6) is 0 Å². The molecule has 0 saturated carbocycles. The smallest absolute Gasteiger partial charge is 0.128 e. The van der Waals surface area contributed by atoms with Gasteiger partial charge in [-0.15, -0.1) is 11.6 Å². The van der Waals surface area contributed by atoms with E-state index < -0.39 is 0 Å². The van der Waals surface area contributed by atoms with Gasteiger partial charge in [-0.2, -0.15) is 0 Å². The Morgan fingerprint density at radius 1 is 1.50 bits per heavy atom. The van der Waals surface area contributed by atoms with Gasteiger partial charge in [-0.25, -0.2) is 4.39 Å². The van der Waals surface area contributed by atoms with Crippen LogP contribution in [-0.2, 0) is 6.54 Å². The van der Waals surface area contributed by atoms with E-state index in [4.69, 9.17) is 11.6 Å². The molecule has 0 aliphatic heterocycles. The maximum atomic E-state index is 13.5. The van der Waals surface area contributed by atoms with E-state index in [9.17, 15) is 4.39 Å². The molecule has 16 heavy (non-hydrogen) atoms. The minimum atomic E-state index is -0.175. The normalized spacial score (nSPS) is 12.8. The van der Waals surface area contributed by atoms with Gasteiger partial charge in [-0.05, 0) is 31.9 Å². The molecule has 0 spiro atoms. The summed E-state index contributed by atoms with van der Waals surface area (Å²) in [7, 11) is 0. The summed E-state index contributed by atoms with van der Waals surface area (Å²) in [4.78, 5) is 0. The number of hydrogen-bond donors (Lipinski definition) is 1. The van der Waals surface area contributed by atoms with E-state index in [0.29, 0.717) is 24.0 Å². The number of alkyl halides is 1.